The monoisotopic (exact) mass is 438 g/mol. The van der Waals surface area contributed by atoms with Gasteiger partial charge in [-0.1, -0.05) is 32.9 Å². The summed E-state index contributed by atoms with van der Waals surface area (Å²) in [6.07, 6.45) is 0.717. The summed E-state index contributed by atoms with van der Waals surface area (Å²) < 4.78 is 0. The third kappa shape index (κ3) is 7.86. The molecule has 0 bridgehead atoms. The fourth-order valence-electron chi connectivity index (χ4n) is 2.79. The van der Waals surface area contributed by atoms with Crippen LogP contribution in [-0.2, 0) is 9.59 Å². The van der Waals surface area contributed by atoms with E-state index < -0.39 is 0 Å². The van der Waals surface area contributed by atoms with Crippen molar-refractivity contribution < 1.29 is 19.2 Å². The van der Waals surface area contributed by atoms with Crippen molar-refractivity contribution in [2.24, 2.45) is 5.92 Å². The van der Waals surface area contributed by atoms with Crippen molar-refractivity contribution in [3.05, 3.63) is 59.7 Å². The van der Waals surface area contributed by atoms with Crippen molar-refractivity contribution in [2.75, 3.05) is 23.7 Å². The molecule has 0 aliphatic rings. The van der Waals surface area contributed by atoms with E-state index in [0.29, 0.717) is 48.4 Å². The van der Waals surface area contributed by atoms with Crippen LogP contribution in [0.25, 0.3) is 0 Å². The lowest BCUT2D eigenvalue weighted by molar-refractivity contribution is -0.116. The molecular formula is C24H30N4O4. The topological polar surface area (TPSA) is 116 Å². The molecule has 170 valence electrons. The lowest BCUT2D eigenvalue weighted by Crippen LogP contribution is -2.35. The molecule has 8 heteroatoms. The Hall–Kier alpha value is -3.68. The predicted octanol–water partition coefficient (Wildman–Crippen LogP) is 3.18. The van der Waals surface area contributed by atoms with E-state index in [1.54, 1.807) is 62.4 Å². The number of hydrogen-bond acceptors (Lipinski definition) is 4. The maximum atomic E-state index is 12.4. The van der Waals surface area contributed by atoms with Gasteiger partial charge in [-0.15, -0.1) is 0 Å². The highest BCUT2D eigenvalue weighted by molar-refractivity contribution is 5.98. The van der Waals surface area contributed by atoms with Gasteiger partial charge in [0.2, 0.25) is 11.8 Å². The highest BCUT2D eigenvalue weighted by Gasteiger charge is 2.12. The van der Waals surface area contributed by atoms with Crippen molar-refractivity contribution >= 4 is 35.0 Å². The number of carbonyl (C=O) groups is 4. The summed E-state index contributed by atoms with van der Waals surface area (Å²) in [4.78, 5) is 47.9. The summed E-state index contributed by atoms with van der Waals surface area (Å²) in [5, 5.41) is 11.1. The molecule has 0 heterocycles. The van der Waals surface area contributed by atoms with Crippen molar-refractivity contribution in [2.45, 2.75) is 33.6 Å². The first-order chi connectivity index (χ1) is 15.3. The molecule has 2 aromatic rings. The van der Waals surface area contributed by atoms with Gasteiger partial charge in [-0.05, 0) is 42.3 Å². The van der Waals surface area contributed by atoms with Gasteiger partial charge in [0.1, 0.15) is 0 Å². The second-order valence-electron chi connectivity index (χ2n) is 7.49. The van der Waals surface area contributed by atoms with Crippen LogP contribution in [0.4, 0.5) is 11.4 Å². The number of hydrogen-bond donors (Lipinski definition) is 4. The normalized spacial score (nSPS) is 10.4. The molecule has 4 N–H and O–H groups in total. The summed E-state index contributed by atoms with van der Waals surface area (Å²) >= 11 is 0. The molecule has 32 heavy (non-hydrogen) atoms. The molecule has 0 saturated heterocycles. The molecule has 0 spiro atoms. The van der Waals surface area contributed by atoms with Gasteiger partial charge in [0.15, 0.2) is 0 Å². The molecule has 0 aliphatic carbocycles. The Morgan fingerprint density at radius 2 is 1.12 bits per heavy atom. The average molecular weight is 439 g/mol. The fraction of sp³-hybridized carbons (Fsp3) is 0.333. The third-order valence-corrected chi connectivity index (χ3v) is 4.68. The minimum absolute atomic E-state index is 0.00569. The Balaban J connectivity index is 1.82. The van der Waals surface area contributed by atoms with Crippen LogP contribution in [0.15, 0.2) is 48.5 Å². The van der Waals surface area contributed by atoms with E-state index in [2.05, 4.69) is 21.3 Å². The number of anilines is 2. The van der Waals surface area contributed by atoms with Crippen LogP contribution in [0.5, 0.6) is 0 Å². The van der Waals surface area contributed by atoms with E-state index in [4.69, 9.17) is 0 Å². The second-order valence-corrected chi connectivity index (χ2v) is 7.49. The molecule has 0 radical (unpaired) electrons. The van der Waals surface area contributed by atoms with Crippen molar-refractivity contribution in [3.8, 4) is 0 Å². The van der Waals surface area contributed by atoms with Gasteiger partial charge >= 0.3 is 0 Å². The molecule has 0 atom stereocenters. The largest absolute Gasteiger partial charge is 0.352 e. The lowest BCUT2D eigenvalue weighted by atomic mass is 10.1. The fourth-order valence-corrected chi connectivity index (χ4v) is 2.79. The van der Waals surface area contributed by atoms with Gasteiger partial charge in [-0.25, -0.2) is 0 Å². The van der Waals surface area contributed by atoms with Crippen LogP contribution in [0.3, 0.4) is 0 Å². The Kier molecular flexibility index (Phi) is 9.41. The summed E-state index contributed by atoms with van der Waals surface area (Å²) in [5.74, 6) is -0.755. The SMILES string of the molecule is CCC(=O)Nc1cccc(C(=O)NCC(C)CNC(=O)c2cccc(NC(=O)CC)c2)c1. The van der Waals surface area contributed by atoms with Crippen LogP contribution >= 0.6 is 0 Å². The predicted molar refractivity (Wildman–Crippen MR) is 125 cm³/mol. The highest BCUT2D eigenvalue weighted by atomic mass is 16.2. The van der Waals surface area contributed by atoms with Gasteiger partial charge in [0.05, 0.1) is 0 Å². The minimum Gasteiger partial charge on any atom is -0.352 e. The number of benzene rings is 2. The van der Waals surface area contributed by atoms with E-state index in [0.717, 1.165) is 0 Å². The summed E-state index contributed by atoms with van der Waals surface area (Å²) in [5.41, 5.74) is 2.03. The first-order valence-electron chi connectivity index (χ1n) is 10.7. The van der Waals surface area contributed by atoms with Crippen molar-refractivity contribution in [1.82, 2.24) is 10.6 Å². The van der Waals surface area contributed by atoms with Crippen LogP contribution in [0.1, 0.15) is 54.3 Å². The Morgan fingerprint density at radius 3 is 1.50 bits per heavy atom. The van der Waals surface area contributed by atoms with Gasteiger partial charge < -0.3 is 21.3 Å². The lowest BCUT2D eigenvalue weighted by Gasteiger charge is -2.14. The number of rotatable bonds is 10. The quantitative estimate of drug-likeness (QED) is 0.456. The molecule has 2 aromatic carbocycles. The molecule has 0 aromatic heterocycles. The van der Waals surface area contributed by atoms with E-state index in [9.17, 15) is 19.2 Å². The zero-order chi connectivity index (χ0) is 23.5. The smallest absolute Gasteiger partial charge is 0.251 e. The van der Waals surface area contributed by atoms with Crippen LogP contribution in [0, 0.1) is 5.92 Å². The molecule has 2 rings (SSSR count). The minimum atomic E-state index is -0.254. The zero-order valence-electron chi connectivity index (χ0n) is 18.7. The van der Waals surface area contributed by atoms with Gasteiger partial charge in [0.25, 0.3) is 11.8 Å². The summed E-state index contributed by atoms with van der Waals surface area (Å²) in [6, 6.07) is 13.5. The van der Waals surface area contributed by atoms with E-state index in [1.807, 2.05) is 6.92 Å². The number of nitrogens with one attached hydrogen (secondary N) is 4. The van der Waals surface area contributed by atoms with Crippen molar-refractivity contribution in [1.29, 1.82) is 0 Å². The number of amides is 4. The average Bonchev–Trinajstić information content (AvgIpc) is 2.81. The number of carbonyl (C=O) groups excluding carboxylic acids is 4. The van der Waals surface area contributed by atoms with E-state index in [1.165, 1.54) is 0 Å². The van der Waals surface area contributed by atoms with E-state index in [-0.39, 0.29) is 29.5 Å². The molecule has 0 fully saturated rings. The van der Waals surface area contributed by atoms with Gasteiger partial charge in [-0.2, -0.15) is 0 Å². The van der Waals surface area contributed by atoms with E-state index >= 15 is 0 Å². The molecule has 0 unspecified atom stereocenters. The molecule has 0 saturated carbocycles. The Labute approximate surface area is 188 Å². The first-order valence-corrected chi connectivity index (χ1v) is 10.7. The maximum Gasteiger partial charge on any atom is 0.251 e. The maximum absolute atomic E-state index is 12.4. The van der Waals surface area contributed by atoms with Gasteiger partial charge in [-0.3, -0.25) is 19.2 Å². The van der Waals surface area contributed by atoms with Crippen LogP contribution < -0.4 is 21.3 Å². The van der Waals surface area contributed by atoms with Crippen molar-refractivity contribution in [3.63, 3.8) is 0 Å². The highest BCUT2D eigenvalue weighted by Crippen LogP contribution is 2.12. The Morgan fingerprint density at radius 1 is 0.719 bits per heavy atom. The van der Waals surface area contributed by atoms with Gasteiger partial charge in [0, 0.05) is 48.4 Å². The Bertz CT molecular complexity index is 896. The third-order valence-electron chi connectivity index (χ3n) is 4.68. The standard InChI is InChI=1S/C24H30N4O4/c1-4-21(29)27-19-10-6-8-17(12-19)23(31)25-14-16(3)15-26-24(32)18-9-7-11-20(13-18)28-22(30)5-2/h6-13,16H,4-5,14-15H2,1-3H3,(H,25,31)(H,26,32)(H,27,29)(H,28,30). The molecule has 4 amide bonds. The van der Waals surface area contributed by atoms with Crippen LogP contribution in [-0.4, -0.2) is 36.7 Å². The van der Waals surface area contributed by atoms with Crippen LogP contribution in [0.2, 0.25) is 0 Å². The molecular weight excluding hydrogens is 408 g/mol. The molecule has 0 aliphatic heterocycles. The summed E-state index contributed by atoms with van der Waals surface area (Å²) in [7, 11) is 0. The molecule has 8 nitrogen and oxygen atoms in total. The first kappa shape index (κ1) is 24.6. The second kappa shape index (κ2) is 12.2. The summed E-state index contributed by atoms with van der Waals surface area (Å²) in [6.45, 7) is 6.17. The zero-order valence-corrected chi connectivity index (χ0v) is 18.7.